The lowest BCUT2D eigenvalue weighted by Crippen LogP contribution is -2.16. The number of aromatic hydroxyl groups is 1. The number of anilines is 1. The lowest BCUT2D eigenvalue weighted by molar-refractivity contribution is -0.113. The minimum Gasteiger partial charge on any atom is -0.493 e. The van der Waals surface area contributed by atoms with E-state index in [0.717, 1.165) is 11.8 Å². The molecule has 3 aromatic rings. The third kappa shape index (κ3) is 3.78. The van der Waals surface area contributed by atoms with Gasteiger partial charge in [-0.1, -0.05) is 53.4 Å². The van der Waals surface area contributed by atoms with Crippen molar-refractivity contribution in [3.8, 4) is 17.0 Å². The molecule has 0 fully saturated rings. The molecule has 1 amide bonds. The number of nitrogens with zero attached hydrogens (tertiary/aromatic N) is 3. The first-order valence-electron chi connectivity index (χ1n) is 6.71. The van der Waals surface area contributed by atoms with Crippen molar-refractivity contribution >= 4 is 34.1 Å². The van der Waals surface area contributed by atoms with Crippen molar-refractivity contribution in [3.05, 3.63) is 46.2 Å². The molecule has 24 heavy (non-hydrogen) atoms. The van der Waals surface area contributed by atoms with Gasteiger partial charge in [0.05, 0.1) is 5.75 Å². The van der Waals surface area contributed by atoms with Gasteiger partial charge in [0.25, 0.3) is 5.56 Å². The zero-order valence-corrected chi connectivity index (χ0v) is 13.7. The second kappa shape index (κ2) is 7.23. The lowest BCUT2D eigenvalue weighted by Gasteiger charge is -2.06. The summed E-state index contributed by atoms with van der Waals surface area (Å²) in [4.78, 5) is 30.4. The van der Waals surface area contributed by atoms with Crippen LogP contribution in [-0.2, 0) is 4.79 Å². The van der Waals surface area contributed by atoms with E-state index in [2.05, 4.69) is 25.5 Å². The average Bonchev–Trinajstić information content (AvgIpc) is 3.06. The summed E-state index contributed by atoms with van der Waals surface area (Å²) < 4.78 is 0. The molecule has 0 saturated heterocycles. The summed E-state index contributed by atoms with van der Waals surface area (Å²) in [5.74, 6) is -0.685. The van der Waals surface area contributed by atoms with Gasteiger partial charge in [-0.3, -0.25) is 14.9 Å². The number of rotatable bonds is 5. The Bertz CT molecular complexity index is 897. The number of carbonyl (C=O) groups is 1. The number of H-pyrrole nitrogens is 1. The van der Waals surface area contributed by atoms with Crippen LogP contribution >= 0.6 is 23.1 Å². The fourth-order valence-electron chi connectivity index (χ4n) is 1.89. The average molecular weight is 361 g/mol. The van der Waals surface area contributed by atoms with E-state index in [0.29, 0.717) is 10.7 Å². The van der Waals surface area contributed by atoms with Crippen molar-refractivity contribution in [1.82, 2.24) is 20.2 Å². The second-order valence-corrected chi connectivity index (χ2v) is 6.31. The number of hydrogen-bond acceptors (Lipinski definition) is 8. The van der Waals surface area contributed by atoms with Crippen LogP contribution in [0.25, 0.3) is 11.1 Å². The number of aromatic amines is 1. The van der Waals surface area contributed by atoms with E-state index < -0.39 is 5.56 Å². The number of nitrogens with one attached hydrogen (secondary N) is 2. The highest BCUT2D eigenvalue weighted by Gasteiger charge is 2.14. The molecule has 10 heteroatoms. The lowest BCUT2D eigenvalue weighted by atomic mass is 10.1. The van der Waals surface area contributed by atoms with E-state index in [1.807, 2.05) is 6.07 Å². The van der Waals surface area contributed by atoms with E-state index in [-0.39, 0.29) is 28.3 Å². The van der Waals surface area contributed by atoms with Gasteiger partial charge in [-0.25, -0.2) is 0 Å². The van der Waals surface area contributed by atoms with Crippen LogP contribution in [0.15, 0.2) is 45.8 Å². The van der Waals surface area contributed by atoms with E-state index in [4.69, 9.17) is 0 Å². The van der Waals surface area contributed by atoms with Crippen molar-refractivity contribution in [2.45, 2.75) is 5.16 Å². The Balaban J connectivity index is 1.71. The van der Waals surface area contributed by atoms with Crippen LogP contribution < -0.4 is 10.9 Å². The quantitative estimate of drug-likeness (QED) is 0.467. The molecule has 2 heterocycles. The van der Waals surface area contributed by atoms with Gasteiger partial charge in [0.15, 0.2) is 5.16 Å². The van der Waals surface area contributed by atoms with Crippen molar-refractivity contribution in [1.29, 1.82) is 0 Å². The Morgan fingerprint density at radius 3 is 2.79 bits per heavy atom. The number of carbonyl (C=O) groups excluding carboxylic acids is 1. The maximum atomic E-state index is 12.2. The maximum Gasteiger partial charge on any atom is 0.263 e. The molecule has 0 aliphatic heterocycles. The predicted octanol–water partition coefficient (Wildman–Crippen LogP) is 1.72. The van der Waals surface area contributed by atoms with Crippen LogP contribution in [0, 0.1) is 0 Å². The molecule has 0 aliphatic carbocycles. The molecular formula is C14H11N5O3S2. The molecule has 0 saturated carbocycles. The van der Waals surface area contributed by atoms with Gasteiger partial charge in [0.2, 0.25) is 16.9 Å². The smallest absolute Gasteiger partial charge is 0.263 e. The standard InChI is InChI=1S/C14H11N5O3S2/c20-9(16-14-19-15-7-24-14)6-23-13-17-11(21)10(12(22)18-13)8-4-2-1-3-5-8/h1-5,7H,6H2,(H,16,19,20)(H2,17,18,21,22). The largest absolute Gasteiger partial charge is 0.493 e. The molecule has 0 radical (unpaired) electrons. The Morgan fingerprint density at radius 2 is 2.12 bits per heavy atom. The van der Waals surface area contributed by atoms with E-state index in [1.54, 1.807) is 24.3 Å². The number of thioether (sulfide) groups is 1. The highest BCUT2D eigenvalue weighted by molar-refractivity contribution is 7.99. The number of benzene rings is 1. The summed E-state index contributed by atoms with van der Waals surface area (Å²) in [7, 11) is 0. The van der Waals surface area contributed by atoms with E-state index in [9.17, 15) is 14.7 Å². The molecule has 3 N–H and O–H groups in total. The highest BCUT2D eigenvalue weighted by atomic mass is 32.2. The van der Waals surface area contributed by atoms with Gasteiger partial charge < -0.3 is 10.1 Å². The minimum absolute atomic E-state index is 0.00659. The van der Waals surface area contributed by atoms with Crippen molar-refractivity contribution in [3.63, 3.8) is 0 Å². The van der Waals surface area contributed by atoms with E-state index in [1.165, 1.54) is 16.8 Å². The Kier molecular flexibility index (Phi) is 4.87. The summed E-state index contributed by atoms with van der Waals surface area (Å²) in [6.45, 7) is 0. The highest BCUT2D eigenvalue weighted by Crippen LogP contribution is 2.25. The zero-order valence-electron chi connectivity index (χ0n) is 12.1. The summed E-state index contributed by atoms with van der Waals surface area (Å²) in [6, 6.07) is 8.73. The molecule has 0 spiro atoms. The summed E-state index contributed by atoms with van der Waals surface area (Å²) in [6.07, 6.45) is 0. The van der Waals surface area contributed by atoms with Crippen LogP contribution in [0.5, 0.6) is 5.88 Å². The normalized spacial score (nSPS) is 10.5. The third-order valence-electron chi connectivity index (χ3n) is 2.89. The van der Waals surface area contributed by atoms with Crippen LogP contribution in [0.4, 0.5) is 5.13 Å². The van der Waals surface area contributed by atoms with Crippen LogP contribution in [-0.4, -0.2) is 36.9 Å². The van der Waals surface area contributed by atoms with Gasteiger partial charge in [-0.2, -0.15) is 4.98 Å². The molecule has 3 rings (SSSR count). The number of amides is 1. The van der Waals surface area contributed by atoms with Gasteiger partial charge in [0, 0.05) is 0 Å². The van der Waals surface area contributed by atoms with Crippen LogP contribution in [0.1, 0.15) is 0 Å². The van der Waals surface area contributed by atoms with E-state index >= 15 is 0 Å². The topological polar surface area (TPSA) is 121 Å². The first-order valence-corrected chi connectivity index (χ1v) is 8.57. The summed E-state index contributed by atoms with van der Waals surface area (Å²) in [5, 5.41) is 20.5. The van der Waals surface area contributed by atoms with Gasteiger partial charge in [-0.15, -0.1) is 10.2 Å². The maximum absolute atomic E-state index is 12.2. The van der Waals surface area contributed by atoms with Gasteiger partial charge in [0.1, 0.15) is 11.1 Å². The third-order valence-corrected chi connectivity index (χ3v) is 4.37. The fraction of sp³-hybridized carbons (Fsp3) is 0.0714. The van der Waals surface area contributed by atoms with Crippen molar-refractivity contribution in [2.75, 3.05) is 11.1 Å². The van der Waals surface area contributed by atoms with Gasteiger partial charge in [-0.05, 0) is 5.56 Å². The van der Waals surface area contributed by atoms with Crippen LogP contribution in [0.2, 0.25) is 0 Å². The molecule has 0 unspecified atom stereocenters. The Morgan fingerprint density at radius 1 is 1.33 bits per heavy atom. The number of aromatic nitrogens is 4. The summed E-state index contributed by atoms with van der Waals surface area (Å²) in [5.41, 5.74) is 1.69. The first kappa shape index (κ1) is 16.1. The zero-order chi connectivity index (χ0) is 16.9. The van der Waals surface area contributed by atoms with Crippen LogP contribution in [0.3, 0.4) is 0 Å². The molecule has 0 aliphatic rings. The monoisotopic (exact) mass is 361 g/mol. The summed E-state index contributed by atoms with van der Waals surface area (Å²) >= 11 is 2.20. The fourth-order valence-corrected chi connectivity index (χ4v) is 3.01. The molecule has 1 aromatic carbocycles. The van der Waals surface area contributed by atoms with Crippen molar-refractivity contribution < 1.29 is 9.90 Å². The molecule has 122 valence electrons. The molecule has 2 aromatic heterocycles. The Labute approximate surface area is 144 Å². The first-order chi connectivity index (χ1) is 11.6. The molecule has 8 nitrogen and oxygen atoms in total. The van der Waals surface area contributed by atoms with Gasteiger partial charge >= 0.3 is 0 Å². The van der Waals surface area contributed by atoms with Crippen molar-refractivity contribution in [2.24, 2.45) is 0 Å². The SMILES string of the molecule is O=C(CSc1nc(O)c(-c2ccccc2)c(=O)[nH]1)Nc1nncs1. The number of hydrogen-bond donors (Lipinski definition) is 3. The predicted molar refractivity (Wildman–Crippen MR) is 91.2 cm³/mol. The molecule has 0 atom stereocenters. The Hall–Kier alpha value is -2.72. The minimum atomic E-state index is -0.472. The molecular weight excluding hydrogens is 350 g/mol. The second-order valence-electron chi connectivity index (χ2n) is 4.52. The molecule has 0 bridgehead atoms.